The van der Waals surface area contributed by atoms with Crippen LogP contribution in [0.15, 0.2) is 24.3 Å². The molecule has 120 valence electrons. The lowest BCUT2D eigenvalue weighted by atomic mass is 9.96. The molecule has 1 aromatic rings. The quantitative estimate of drug-likeness (QED) is 0.901. The van der Waals surface area contributed by atoms with Gasteiger partial charge in [0.05, 0.1) is 0 Å². The molecule has 0 spiro atoms. The molecule has 1 saturated carbocycles. The first kappa shape index (κ1) is 16.1. The van der Waals surface area contributed by atoms with Gasteiger partial charge in [0.25, 0.3) is 0 Å². The smallest absolute Gasteiger partial charge is 0.410 e. The van der Waals surface area contributed by atoms with Gasteiger partial charge in [0, 0.05) is 25.8 Å². The number of urea groups is 1. The molecular formula is C16H23N3O3. The highest BCUT2D eigenvalue weighted by Gasteiger charge is 2.16. The van der Waals surface area contributed by atoms with E-state index in [1.54, 1.807) is 38.4 Å². The Hall–Kier alpha value is -2.24. The molecule has 0 aromatic heterocycles. The Bertz CT molecular complexity index is 508. The summed E-state index contributed by atoms with van der Waals surface area (Å²) < 4.78 is 5.25. The van der Waals surface area contributed by atoms with Crippen LogP contribution in [0.25, 0.3) is 0 Å². The average molecular weight is 305 g/mol. The molecule has 0 heterocycles. The highest BCUT2D eigenvalue weighted by Crippen LogP contribution is 2.19. The molecule has 0 atom stereocenters. The van der Waals surface area contributed by atoms with E-state index in [1.165, 1.54) is 11.3 Å². The van der Waals surface area contributed by atoms with E-state index in [4.69, 9.17) is 4.74 Å². The van der Waals surface area contributed by atoms with Crippen molar-refractivity contribution >= 4 is 17.8 Å². The lowest BCUT2D eigenvalue weighted by molar-refractivity contribution is 0.192. The monoisotopic (exact) mass is 305 g/mol. The molecule has 6 nitrogen and oxygen atoms in total. The third-order valence-electron chi connectivity index (χ3n) is 3.65. The predicted octanol–water partition coefficient (Wildman–Crippen LogP) is 3.20. The minimum Gasteiger partial charge on any atom is -0.410 e. The average Bonchev–Trinajstić information content (AvgIpc) is 2.50. The maximum Gasteiger partial charge on any atom is 0.412 e. The first-order chi connectivity index (χ1) is 10.5. The van der Waals surface area contributed by atoms with Crippen LogP contribution in [0.3, 0.4) is 0 Å². The van der Waals surface area contributed by atoms with Gasteiger partial charge in [0.15, 0.2) is 0 Å². The van der Waals surface area contributed by atoms with Crippen molar-refractivity contribution in [3.8, 4) is 5.75 Å². The summed E-state index contributed by atoms with van der Waals surface area (Å²) in [5.41, 5.74) is 0.652. The third-order valence-corrected chi connectivity index (χ3v) is 3.65. The Labute approximate surface area is 130 Å². The zero-order chi connectivity index (χ0) is 15.9. The largest absolute Gasteiger partial charge is 0.412 e. The number of nitrogens with zero attached hydrogens (tertiary/aromatic N) is 1. The van der Waals surface area contributed by atoms with E-state index in [0.717, 1.165) is 25.7 Å². The van der Waals surface area contributed by atoms with E-state index >= 15 is 0 Å². The Morgan fingerprint density at radius 2 is 1.73 bits per heavy atom. The van der Waals surface area contributed by atoms with Gasteiger partial charge in [0.1, 0.15) is 5.75 Å². The fourth-order valence-corrected chi connectivity index (χ4v) is 2.39. The van der Waals surface area contributed by atoms with Crippen molar-refractivity contribution in [2.75, 3.05) is 19.4 Å². The van der Waals surface area contributed by atoms with Crippen LogP contribution >= 0.6 is 0 Å². The van der Waals surface area contributed by atoms with Gasteiger partial charge in [-0.1, -0.05) is 19.3 Å². The number of anilines is 1. The highest BCUT2D eigenvalue weighted by molar-refractivity contribution is 5.89. The van der Waals surface area contributed by atoms with Crippen LogP contribution in [-0.2, 0) is 0 Å². The summed E-state index contributed by atoms with van der Waals surface area (Å²) in [6.07, 6.45) is 5.18. The number of hydrogen-bond donors (Lipinski definition) is 2. The lowest BCUT2D eigenvalue weighted by Gasteiger charge is -2.22. The van der Waals surface area contributed by atoms with Crippen LogP contribution in [-0.4, -0.2) is 37.2 Å². The Morgan fingerprint density at radius 3 is 2.32 bits per heavy atom. The molecule has 0 unspecified atom stereocenters. The number of amides is 3. The van der Waals surface area contributed by atoms with Gasteiger partial charge in [-0.25, -0.2) is 9.59 Å². The van der Waals surface area contributed by atoms with Crippen LogP contribution in [0, 0.1) is 0 Å². The van der Waals surface area contributed by atoms with E-state index in [0.29, 0.717) is 11.4 Å². The predicted molar refractivity (Wildman–Crippen MR) is 85.2 cm³/mol. The summed E-state index contributed by atoms with van der Waals surface area (Å²) in [6, 6.07) is 6.73. The second kappa shape index (κ2) is 7.68. The number of hydrogen-bond acceptors (Lipinski definition) is 3. The standard InChI is InChI=1S/C16H23N3O3/c1-19(2)15(20)17-13-8-10-14(11-9-13)22-16(21)18-12-6-4-3-5-7-12/h8-12H,3-7H2,1-2H3,(H,17,20)(H,18,21). The number of ether oxygens (including phenoxy) is 1. The van der Waals surface area contributed by atoms with E-state index in [1.807, 2.05) is 0 Å². The van der Waals surface area contributed by atoms with Gasteiger partial charge in [-0.3, -0.25) is 0 Å². The number of nitrogens with one attached hydrogen (secondary N) is 2. The van der Waals surface area contributed by atoms with E-state index in [-0.39, 0.29) is 12.1 Å². The van der Waals surface area contributed by atoms with Crippen LogP contribution in [0.2, 0.25) is 0 Å². The summed E-state index contributed by atoms with van der Waals surface area (Å²) in [7, 11) is 3.34. The zero-order valence-electron chi connectivity index (χ0n) is 13.1. The second-order valence-electron chi connectivity index (χ2n) is 5.72. The van der Waals surface area contributed by atoms with Crippen molar-refractivity contribution in [2.45, 2.75) is 38.1 Å². The Morgan fingerprint density at radius 1 is 1.09 bits per heavy atom. The zero-order valence-corrected chi connectivity index (χ0v) is 13.1. The highest BCUT2D eigenvalue weighted by atomic mass is 16.6. The number of benzene rings is 1. The van der Waals surface area contributed by atoms with Crippen molar-refractivity contribution in [3.05, 3.63) is 24.3 Å². The first-order valence-corrected chi connectivity index (χ1v) is 7.61. The van der Waals surface area contributed by atoms with Gasteiger partial charge in [-0.15, -0.1) is 0 Å². The maximum absolute atomic E-state index is 11.8. The van der Waals surface area contributed by atoms with E-state index in [2.05, 4.69) is 10.6 Å². The molecule has 3 amide bonds. The second-order valence-corrected chi connectivity index (χ2v) is 5.72. The molecule has 0 saturated heterocycles. The van der Waals surface area contributed by atoms with Gasteiger partial charge < -0.3 is 20.3 Å². The summed E-state index contributed by atoms with van der Waals surface area (Å²) in [6.45, 7) is 0. The van der Waals surface area contributed by atoms with Crippen LogP contribution in [0.1, 0.15) is 32.1 Å². The van der Waals surface area contributed by atoms with Crippen molar-refractivity contribution in [1.82, 2.24) is 10.2 Å². The van der Waals surface area contributed by atoms with Gasteiger partial charge >= 0.3 is 12.1 Å². The lowest BCUT2D eigenvalue weighted by Crippen LogP contribution is -2.37. The molecule has 1 aliphatic rings. The fraction of sp³-hybridized carbons (Fsp3) is 0.500. The van der Waals surface area contributed by atoms with Gasteiger partial charge in [-0.05, 0) is 37.1 Å². The summed E-state index contributed by atoms with van der Waals surface area (Å²) in [5.74, 6) is 0.455. The van der Waals surface area contributed by atoms with Crippen LogP contribution in [0.5, 0.6) is 5.75 Å². The maximum atomic E-state index is 11.8. The molecule has 2 N–H and O–H groups in total. The SMILES string of the molecule is CN(C)C(=O)Nc1ccc(OC(=O)NC2CCCCC2)cc1. The van der Waals surface area contributed by atoms with E-state index in [9.17, 15) is 9.59 Å². The molecule has 1 aromatic carbocycles. The molecule has 22 heavy (non-hydrogen) atoms. The van der Waals surface area contributed by atoms with Crippen molar-refractivity contribution in [3.63, 3.8) is 0 Å². The molecule has 2 rings (SSSR count). The first-order valence-electron chi connectivity index (χ1n) is 7.61. The fourth-order valence-electron chi connectivity index (χ4n) is 2.39. The van der Waals surface area contributed by atoms with Gasteiger partial charge in [0.2, 0.25) is 0 Å². The van der Waals surface area contributed by atoms with Crippen molar-refractivity contribution < 1.29 is 14.3 Å². The molecule has 0 aliphatic heterocycles. The van der Waals surface area contributed by atoms with E-state index < -0.39 is 6.09 Å². The molecule has 1 aliphatic carbocycles. The number of carbonyl (C=O) groups excluding carboxylic acids is 2. The minimum absolute atomic E-state index is 0.205. The van der Waals surface area contributed by atoms with Crippen molar-refractivity contribution in [1.29, 1.82) is 0 Å². The molecule has 0 radical (unpaired) electrons. The molecule has 1 fully saturated rings. The summed E-state index contributed by atoms with van der Waals surface area (Å²) in [5, 5.41) is 5.61. The van der Waals surface area contributed by atoms with Crippen LogP contribution < -0.4 is 15.4 Å². The van der Waals surface area contributed by atoms with Gasteiger partial charge in [-0.2, -0.15) is 0 Å². The molecular weight excluding hydrogens is 282 g/mol. The number of rotatable bonds is 3. The topological polar surface area (TPSA) is 70.7 Å². The summed E-state index contributed by atoms with van der Waals surface area (Å²) >= 11 is 0. The molecule has 0 bridgehead atoms. The molecule has 6 heteroatoms. The Balaban J connectivity index is 1.82. The van der Waals surface area contributed by atoms with Crippen molar-refractivity contribution in [2.24, 2.45) is 0 Å². The normalized spacial score (nSPS) is 15.0. The summed E-state index contributed by atoms with van der Waals surface area (Å²) in [4.78, 5) is 24.8. The third kappa shape index (κ3) is 4.95. The van der Waals surface area contributed by atoms with Crippen LogP contribution in [0.4, 0.5) is 15.3 Å². The number of carbonyl (C=O) groups is 2. The Kier molecular flexibility index (Phi) is 5.63. The minimum atomic E-state index is -0.419.